The molecular weight excluding hydrogens is 293 g/mol. The maximum absolute atomic E-state index is 12.7. The van der Waals surface area contributed by atoms with Gasteiger partial charge in [0.05, 0.1) is 6.42 Å². The van der Waals surface area contributed by atoms with Gasteiger partial charge in [0, 0.05) is 0 Å². The predicted molar refractivity (Wildman–Crippen MR) is 43.8 cm³/mol. The molecule has 0 aromatic heterocycles. The number of hydrogen-bond donors (Lipinski definition) is 1. The summed E-state index contributed by atoms with van der Waals surface area (Å²) < 4.78 is 88.8. The van der Waals surface area contributed by atoms with Crippen molar-refractivity contribution in [1.29, 1.82) is 0 Å². The monoisotopic (exact) mass is 300 g/mol. The first-order valence-electron chi connectivity index (χ1n) is 4.48. The number of ether oxygens (including phenoxy) is 1. The first kappa shape index (κ1) is 17.4. The molecule has 1 atom stereocenters. The van der Waals surface area contributed by atoms with E-state index in [0.29, 0.717) is 0 Å². The predicted octanol–water partition coefficient (Wildman–Crippen LogP) is 2.23. The summed E-state index contributed by atoms with van der Waals surface area (Å²) in [5.74, 6) is -17.5. The Bertz CT molecular complexity index is 363. The first-order valence-corrected chi connectivity index (χ1v) is 4.48. The van der Waals surface area contributed by atoms with E-state index in [1.54, 1.807) is 0 Å². The van der Waals surface area contributed by atoms with Crippen LogP contribution in [-0.2, 0) is 14.3 Å². The molecule has 0 radical (unpaired) electrons. The lowest BCUT2D eigenvalue weighted by Gasteiger charge is -2.27. The third-order valence-corrected chi connectivity index (χ3v) is 1.78. The Hall–Kier alpha value is -1.55. The smallest absolute Gasteiger partial charge is 0.460 e. The molecule has 0 amide bonds. The summed E-state index contributed by atoms with van der Waals surface area (Å²) in [6.45, 7) is 0.744. The molecule has 0 rings (SSSR count). The fraction of sp³-hybridized carbons (Fsp3) is 0.750. The highest BCUT2D eigenvalue weighted by Gasteiger charge is 2.77. The van der Waals surface area contributed by atoms with Gasteiger partial charge in [0.25, 0.3) is 0 Å². The van der Waals surface area contributed by atoms with Crippen molar-refractivity contribution in [2.75, 3.05) is 0 Å². The largest absolute Gasteiger partial charge is 0.481 e. The van der Waals surface area contributed by atoms with Crippen LogP contribution < -0.4 is 0 Å². The van der Waals surface area contributed by atoms with Crippen LogP contribution in [0, 0.1) is 0 Å². The minimum Gasteiger partial charge on any atom is -0.481 e. The molecular formula is C8H7F7O4. The zero-order valence-corrected chi connectivity index (χ0v) is 9.10. The van der Waals surface area contributed by atoms with Crippen molar-refractivity contribution in [3.63, 3.8) is 0 Å². The number of carboxylic acid groups (broad SMARTS) is 1. The fourth-order valence-electron chi connectivity index (χ4n) is 0.851. The number of carbonyl (C=O) groups excluding carboxylic acids is 1. The Labute approximate surface area is 101 Å². The molecule has 0 aliphatic rings. The van der Waals surface area contributed by atoms with E-state index < -0.39 is 42.5 Å². The van der Waals surface area contributed by atoms with Crippen molar-refractivity contribution in [2.24, 2.45) is 0 Å². The third-order valence-electron chi connectivity index (χ3n) is 1.78. The first-order chi connectivity index (χ1) is 8.23. The summed E-state index contributed by atoms with van der Waals surface area (Å²) in [6, 6.07) is 0. The number of rotatable bonds is 5. The van der Waals surface area contributed by atoms with Crippen molar-refractivity contribution in [3.8, 4) is 0 Å². The van der Waals surface area contributed by atoms with Gasteiger partial charge in [0.2, 0.25) is 0 Å². The maximum Gasteiger partial charge on any atom is 0.460 e. The molecule has 0 heterocycles. The zero-order chi connectivity index (χ0) is 15.6. The van der Waals surface area contributed by atoms with E-state index in [1.807, 2.05) is 0 Å². The van der Waals surface area contributed by atoms with Crippen molar-refractivity contribution in [2.45, 2.75) is 37.5 Å². The number of carboxylic acids is 1. The lowest BCUT2D eigenvalue weighted by molar-refractivity contribution is -0.349. The average molecular weight is 300 g/mol. The Morgan fingerprint density at radius 1 is 1.11 bits per heavy atom. The van der Waals surface area contributed by atoms with Crippen molar-refractivity contribution in [3.05, 3.63) is 0 Å². The molecule has 1 unspecified atom stereocenters. The molecule has 0 bridgehead atoms. The molecule has 0 spiro atoms. The lowest BCUT2D eigenvalue weighted by atomic mass is 10.1. The van der Waals surface area contributed by atoms with Gasteiger partial charge < -0.3 is 9.84 Å². The fourth-order valence-corrected chi connectivity index (χ4v) is 0.851. The van der Waals surface area contributed by atoms with Crippen molar-refractivity contribution < 1.29 is 50.2 Å². The number of hydrogen-bond acceptors (Lipinski definition) is 3. The molecule has 112 valence electrons. The Morgan fingerprint density at radius 2 is 1.53 bits per heavy atom. The average Bonchev–Trinajstić information content (AvgIpc) is 2.13. The quantitative estimate of drug-likeness (QED) is 0.624. The maximum atomic E-state index is 12.7. The molecule has 0 aromatic rings. The number of aliphatic carboxylic acids is 1. The van der Waals surface area contributed by atoms with E-state index in [0.717, 1.165) is 6.92 Å². The molecule has 11 heteroatoms. The second-order valence-electron chi connectivity index (χ2n) is 3.46. The van der Waals surface area contributed by atoms with Crippen LogP contribution in [0.4, 0.5) is 30.7 Å². The number of alkyl halides is 7. The van der Waals surface area contributed by atoms with E-state index in [1.165, 1.54) is 0 Å². The zero-order valence-electron chi connectivity index (χ0n) is 9.10. The molecule has 19 heavy (non-hydrogen) atoms. The second-order valence-corrected chi connectivity index (χ2v) is 3.46. The molecule has 4 nitrogen and oxygen atoms in total. The minimum atomic E-state index is -6.66. The third kappa shape index (κ3) is 3.70. The molecule has 1 N–H and O–H groups in total. The molecule has 0 fully saturated rings. The summed E-state index contributed by atoms with van der Waals surface area (Å²) >= 11 is 0. The standard InChI is InChI=1S/C8H7F7O4/c1-3(2-4(16)17)19-5(18)6(9,10)7(11,12)8(13,14)15/h3H,2H2,1H3,(H,16,17). The number of esters is 1. The highest BCUT2D eigenvalue weighted by atomic mass is 19.4. The van der Waals surface area contributed by atoms with Crippen LogP contribution in [0.1, 0.15) is 13.3 Å². The summed E-state index contributed by atoms with van der Waals surface area (Å²) in [4.78, 5) is 20.7. The van der Waals surface area contributed by atoms with Crippen LogP contribution in [-0.4, -0.2) is 41.2 Å². The molecule has 0 aliphatic heterocycles. The van der Waals surface area contributed by atoms with Crippen LogP contribution in [0.2, 0.25) is 0 Å². The van der Waals surface area contributed by atoms with E-state index >= 15 is 0 Å². The summed E-state index contributed by atoms with van der Waals surface area (Å²) in [5, 5.41) is 8.18. The van der Waals surface area contributed by atoms with Gasteiger partial charge in [-0.1, -0.05) is 0 Å². The Morgan fingerprint density at radius 3 is 1.84 bits per heavy atom. The molecule has 0 saturated heterocycles. The van der Waals surface area contributed by atoms with E-state index in [2.05, 4.69) is 4.74 Å². The van der Waals surface area contributed by atoms with Gasteiger partial charge in [-0.05, 0) is 6.92 Å². The minimum absolute atomic E-state index is 0.744. The summed E-state index contributed by atoms with van der Waals surface area (Å²) in [6.07, 6.45) is -9.48. The molecule has 0 aromatic carbocycles. The normalized spacial score (nSPS) is 14.9. The summed E-state index contributed by atoms with van der Waals surface area (Å²) in [5.41, 5.74) is 0. The van der Waals surface area contributed by atoms with Gasteiger partial charge >= 0.3 is 30.0 Å². The van der Waals surface area contributed by atoms with Gasteiger partial charge in [-0.2, -0.15) is 30.7 Å². The Balaban J connectivity index is 5.02. The van der Waals surface area contributed by atoms with E-state index in [4.69, 9.17) is 5.11 Å². The van der Waals surface area contributed by atoms with E-state index in [-0.39, 0.29) is 0 Å². The molecule has 0 aliphatic carbocycles. The highest BCUT2D eigenvalue weighted by molar-refractivity contribution is 5.79. The van der Waals surface area contributed by atoms with E-state index in [9.17, 15) is 40.3 Å². The van der Waals surface area contributed by atoms with Crippen molar-refractivity contribution >= 4 is 11.9 Å². The van der Waals surface area contributed by atoms with Crippen LogP contribution in [0.5, 0.6) is 0 Å². The van der Waals surface area contributed by atoms with Crippen LogP contribution >= 0.6 is 0 Å². The highest BCUT2D eigenvalue weighted by Crippen LogP contribution is 2.47. The van der Waals surface area contributed by atoms with Crippen LogP contribution in [0.15, 0.2) is 0 Å². The number of halogens is 7. The Kier molecular flexibility index (Phi) is 4.79. The topological polar surface area (TPSA) is 63.6 Å². The second kappa shape index (κ2) is 5.21. The molecule has 0 saturated carbocycles. The van der Waals surface area contributed by atoms with Gasteiger partial charge in [-0.15, -0.1) is 0 Å². The van der Waals surface area contributed by atoms with Gasteiger partial charge in [-0.3, -0.25) is 4.79 Å². The van der Waals surface area contributed by atoms with Crippen LogP contribution in [0.25, 0.3) is 0 Å². The van der Waals surface area contributed by atoms with Gasteiger partial charge in [0.15, 0.2) is 0 Å². The van der Waals surface area contributed by atoms with Crippen LogP contribution in [0.3, 0.4) is 0 Å². The van der Waals surface area contributed by atoms with Gasteiger partial charge in [0.1, 0.15) is 6.10 Å². The van der Waals surface area contributed by atoms with Gasteiger partial charge in [-0.25, -0.2) is 4.79 Å². The number of carbonyl (C=O) groups is 2. The van der Waals surface area contributed by atoms with Crippen molar-refractivity contribution in [1.82, 2.24) is 0 Å². The SMILES string of the molecule is CC(CC(=O)O)OC(=O)C(F)(F)C(F)(F)C(F)(F)F. The summed E-state index contributed by atoms with van der Waals surface area (Å²) in [7, 11) is 0. The lowest BCUT2D eigenvalue weighted by Crippen LogP contribution is -2.57.